The first-order valence-corrected chi connectivity index (χ1v) is 8.81. The van der Waals surface area contributed by atoms with Crippen molar-refractivity contribution >= 4 is 28.4 Å². The van der Waals surface area contributed by atoms with Crippen molar-refractivity contribution in [2.45, 2.75) is 31.3 Å². The minimum absolute atomic E-state index is 0.154. The Labute approximate surface area is 150 Å². The van der Waals surface area contributed by atoms with Crippen molar-refractivity contribution in [1.82, 2.24) is 4.90 Å². The Morgan fingerprint density at radius 2 is 1.96 bits per heavy atom. The lowest BCUT2D eigenvalue weighted by Gasteiger charge is -2.25. The Hall–Kier alpha value is -3.07. The number of nitrogens with zero attached hydrogens (tertiary/aromatic N) is 3. The van der Waals surface area contributed by atoms with Gasteiger partial charge in [0.2, 0.25) is 0 Å². The van der Waals surface area contributed by atoms with Gasteiger partial charge in [-0.15, -0.1) is 0 Å². The van der Waals surface area contributed by atoms with Crippen LogP contribution in [0.4, 0.5) is 10.5 Å². The number of nitriles is 1. The minimum atomic E-state index is -0.332. The van der Waals surface area contributed by atoms with Crippen LogP contribution in [0.5, 0.6) is 5.75 Å². The molecule has 0 N–H and O–H groups in total. The van der Waals surface area contributed by atoms with Crippen LogP contribution in [0.15, 0.2) is 30.3 Å². The first kappa shape index (κ1) is 15.2. The van der Waals surface area contributed by atoms with Crippen LogP contribution in [0.3, 0.4) is 0 Å². The van der Waals surface area contributed by atoms with Crippen molar-refractivity contribution in [2.24, 2.45) is 5.92 Å². The summed E-state index contributed by atoms with van der Waals surface area (Å²) in [5.41, 5.74) is 0.909. The highest BCUT2D eigenvalue weighted by Gasteiger charge is 2.59. The molecule has 3 fully saturated rings. The van der Waals surface area contributed by atoms with Gasteiger partial charge in [-0.3, -0.25) is 4.79 Å². The molecule has 26 heavy (non-hydrogen) atoms. The van der Waals surface area contributed by atoms with Crippen molar-refractivity contribution in [3.8, 4) is 11.8 Å². The van der Waals surface area contributed by atoms with Crippen molar-refractivity contribution in [3.05, 3.63) is 35.9 Å². The second kappa shape index (κ2) is 5.21. The molecular weight excluding hydrogens is 330 g/mol. The highest BCUT2D eigenvalue weighted by molar-refractivity contribution is 6.25. The van der Waals surface area contributed by atoms with Crippen LogP contribution in [0.2, 0.25) is 0 Å². The van der Waals surface area contributed by atoms with Crippen LogP contribution >= 0.6 is 0 Å². The van der Waals surface area contributed by atoms with E-state index in [9.17, 15) is 14.9 Å². The summed E-state index contributed by atoms with van der Waals surface area (Å²) in [4.78, 5) is 29.3. The lowest BCUT2D eigenvalue weighted by molar-refractivity contribution is -0.120. The highest BCUT2D eigenvalue weighted by Crippen LogP contribution is 2.48. The summed E-state index contributed by atoms with van der Waals surface area (Å²) in [7, 11) is 1.49. The minimum Gasteiger partial charge on any atom is -0.495 e. The van der Waals surface area contributed by atoms with Gasteiger partial charge in [-0.25, -0.2) is 9.69 Å². The zero-order chi connectivity index (χ0) is 18.0. The average molecular weight is 347 g/mol. The number of imide groups is 1. The summed E-state index contributed by atoms with van der Waals surface area (Å²) < 4.78 is 5.38. The number of carbonyl (C=O) groups excluding carboxylic acids is 2. The summed E-state index contributed by atoms with van der Waals surface area (Å²) in [6.45, 7) is 0. The normalized spacial score (nSPS) is 26.5. The fourth-order valence-corrected chi connectivity index (χ4v) is 4.94. The Morgan fingerprint density at radius 1 is 1.19 bits per heavy atom. The van der Waals surface area contributed by atoms with Crippen molar-refractivity contribution in [3.63, 3.8) is 0 Å². The first-order valence-electron chi connectivity index (χ1n) is 8.81. The van der Waals surface area contributed by atoms with Gasteiger partial charge in [0, 0.05) is 22.9 Å². The number of piperidine rings is 1. The maximum absolute atomic E-state index is 13.1. The number of benzene rings is 2. The molecule has 1 aliphatic carbocycles. The number of amides is 3. The van der Waals surface area contributed by atoms with E-state index in [4.69, 9.17) is 4.74 Å². The van der Waals surface area contributed by atoms with Crippen LogP contribution in [-0.2, 0) is 4.79 Å². The topological polar surface area (TPSA) is 73.6 Å². The van der Waals surface area contributed by atoms with Gasteiger partial charge in [0.15, 0.2) is 0 Å². The number of carbonyl (C=O) groups is 2. The van der Waals surface area contributed by atoms with Gasteiger partial charge in [-0.1, -0.05) is 24.3 Å². The van der Waals surface area contributed by atoms with E-state index in [1.54, 1.807) is 11.0 Å². The molecule has 3 aliphatic rings. The summed E-state index contributed by atoms with van der Waals surface area (Å²) in [5.74, 6) is 0.490. The van der Waals surface area contributed by atoms with Gasteiger partial charge >= 0.3 is 6.03 Å². The van der Waals surface area contributed by atoms with Gasteiger partial charge in [0.1, 0.15) is 23.4 Å². The van der Waals surface area contributed by atoms with E-state index in [-0.39, 0.29) is 29.9 Å². The molecule has 0 unspecified atom stereocenters. The molecule has 2 aromatic rings. The molecule has 5 rings (SSSR count). The molecule has 6 heteroatoms. The zero-order valence-corrected chi connectivity index (χ0v) is 14.3. The maximum atomic E-state index is 13.1. The molecule has 1 saturated carbocycles. The Morgan fingerprint density at radius 3 is 2.65 bits per heavy atom. The fourth-order valence-electron chi connectivity index (χ4n) is 4.94. The van der Waals surface area contributed by atoms with E-state index in [1.165, 1.54) is 12.0 Å². The molecule has 2 saturated heterocycles. The van der Waals surface area contributed by atoms with E-state index in [1.807, 2.05) is 24.3 Å². The zero-order valence-electron chi connectivity index (χ0n) is 14.3. The largest absolute Gasteiger partial charge is 0.495 e. The Balaban J connectivity index is 1.72. The summed E-state index contributed by atoms with van der Waals surface area (Å²) in [5, 5.41) is 10.9. The quantitative estimate of drug-likeness (QED) is 0.783. The number of urea groups is 1. The lowest BCUT2D eigenvalue weighted by Crippen LogP contribution is -2.40. The molecule has 6 nitrogen and oxygen atoms in total. The molecule has 0 radical (unpaired) electrons. The first-order chi connectivity index (χ1) is 12.7. The highest BCUT2D eigenvalue weighted by atomic mass is 16.5. The molecule has 130 valence electrons. The predicted molar refractivity (Wildman–Crippen MR) is 94.9 cm³/mol. The molecule has 2 aromatic carbocycles. The van der Waals surface area contributed by atoms with E-state index in [2.05, 4.69) is 6.07 Å². The number of ether oxygens (including phenoxy) is 1. The third-order valence-corrected chi connectivity index (χ3v) is 6.03. The molecule has 3 atom stereocenters. The van der Waals surface area contributed by atoms with Gasteiger partial charge in [-0.2, -0.15) is 5.26 Å². The van der Waals surface area contributed by atoms with Crippen LogP contribution in [0, 0.1) is 17.2 Å². The maximum Gasteiger partial charge on any atom is 0.332 e. The van der Waals surface area contributed by atoms with Crippen LogP contribution < -0.4 is 9.64 Å². The molecular formula is C20H17N3O3. The van der Waals surface area contributed by atoms with Crippen molar-refractivity contribution in [2.75, 3.05) is 12.0 Å². The Kier molecular flexibility index (Phi) is 3.05. The summed E-state index contributed by atoms with van der Waals surface area (Å²) >= 11 is 0. The average Bonchev–Trinajstić information content (AvgIpc) is 3.34. The summed E-state index contributed by atoms with van der Waals surface area (Å²) in [6.07, 6.45) is 2.93. The number of rotatable bonds is 2. The van der Waals surface area contributed by atoms with E-state index in [0.717, 1.165) is 19.3 Å². The second-order valence-corrected chi connectivity index (χ2v) is 7.17. The molecule has 0 spiro atoms. The molecule has 2 aliphatic heterocycles. The van der Waals surface area contributed by atoms with Crippen molar-refractivity contribution in [1.29, 1.82) is 5.26 Å². The number of hydrogen-bond donors (Lipinski definition) is 0. The van der Waals surface area contributed by atoms with Gasteiger partial charge in [0.05, 0.1) is 12.8 Å². The SMILES string of the molecule is COc1cc(N2C(=O)[C@H]3[C@@H]4CC[C@@H](C4)N3C2=O)c2ccccc2c1C#N. The molecule has 3 amide bonds. The van der Waals surface area contributed by atoms with Gasteiger partial charge < -0.3 is 9.64 Å². The number of methoxy groups -OCH3 is 1. The molecule has 2 heterocycles. The van der Waals surface area contributed by atoms with Gasteiger partial charge in [-0.05, 0) is 25.2 Å². The standard InChI is InChI=1S/C20H17N3O3/c1-26-17-9-16(14-5-3-2-4-13(14)15(17)10-21)23-19(24)18-11-6-7-12(8-11)22(18)20(23)25/h2-5,9,11-12,18H,6-8H2,1H3/t11-,12+,18-/m1/s1. The third kappa shape index (κ3) is 1.75. The predicted octanol–water partition coefficient (Wildman–Crippen LogP) is 3.04. The smallest absolute Gasteiger partial charge is 0.332 e. The summed E-state index contributed by atoms with van der Waals surface area (Å²) in [6, 6.07) is 10.7. The van der Waals surface area contributed by atoms with E-state index < -0.39 is 0 Å². The van der Waals surface area contributed by atoms with Crippen molar-refractivity contribution < 1.29 is 14.3 Å². The van der Waals surface area contributed by atoms with Crippen LogP contribution in [-0.4, -0.2) is 36.0 Å². The van der Waals surface area contributed by atoms with Crippen LogP contribution in [0.25, 0.3) is 10.8 Å². The number of anilines is 1. The van der Waals surface area contributed by atoms with Crippen LogP contribution in [0.1, 0.15) is 24.8 Å². The Bertz CT molecular complexity index is 981. The third-order valence-electron chi connectivity index (χ3n) is 6.03. The second-order valence-electron chi connectivity index (χ2n) is 7.17. The number of hydrogen-bond acceptors (Lipinski definition) is 4. The monoisotopic (exact) mass is 347 g/mol. The van der Waals surface area contributed by atoms with Gasteiger partial charge in [0.25, 0.3) is 5.91 Å². The van der Waals surface area contributed by atoms with E-state index >= 15 is 0 Å². The fraction of sp³-hybridized carbons (Fsp3) is 0.350. The van der Waals surface area contributed by atoms with E-state index in [0.29, 0.717) is 27.8 Å². The lowest BCUT2D eigenvalue weighted by atomic mass is 9.98. The molecule has 2 bridgehead atoms. The number of fused-ring (bicyclic) bond motifs is 6. The molecule has 0 aromatic heterocycles.